The summed E-state index contributed by atoms with van der Waals surface area (Å²) in [5.74, 6) is -3.14. The molecule has 31 heavy (non-hydrogen) atoms. The standard InChI is InChI=1S/C11H12ClNO3.C11H13NO3/c12-7-10(14)13-9(11(15)16)6-8-4-2-1-3-5-8;1-8(13)12-10(11(14)15)7-9-5-3-2-4-6-9/h1-5,9H,6-7H2,(H,13,14)(H,15,16);2-6,10H,7H2,1H3,(H,12,13)(H,14,15)/t9-;10-/m11/s1. The van der Waals surface area contributed by atoms with Gasteiger partial charge in [0.25, 0.3) is 0 Å². The van der Waals surface area contributed by atoms with Crippen LogP contribution in [0.2, 0.25) is 0 Å². The Morgan fingerprint density at radius 1 is 0.774 bits per heavy atom. The maximum atomic E-state index is 11.0. The lowest BCUT2D eigenvalue weighted by atomic mass is 10.1. The third-order valence-corrected chi connectivity index (χ3v) is 4.24. The highest BCUT2D eigenvalue weighted by Crippen LogP contribution is 2.04. The van der Waals surface area contributed by atoms with Crippen molar-refractivity contribution in [3.8, 4) is 0 Å². The van der Waals surface area contributed by atoms with E-state index in [4.69, 9.17) is 21.8 Å². The van der Waals surface area contributed by atoms with Gasteiger partial charge >= 0.3 is 11.9 Å². The van der Waals surface area contributed by atoms with Gasteiger partial charge < -0.3 is 20.8 Å². The molecule has 8 nitrogen and oxygen atoms in total. The second-order valence-electron chi connectivity index (χ2n) is 6.56. The van der Waals surface area contributed by atoms with E-state index in [0.717, 1.165) is 11.1 Å². The highest BCUT2D eigenvalue weighted by atomic mass is 35.5. The summed E-state index contributed by atoms with van der Waals surface area (Å²) < 4.78 is 0. The minimum absolute atomic E-state index is 0.238. The molecular formula is C22H25ClN2O6. The van der Waals surface area contributed by atoms with Crippen LogP contribution in [0.3, 0.4) is 0 Å². The van der Waals surface area contributed by atoms with Gasteiger partial charge in [0.05, 0.1) is 0 Å². The highest BCUT2D eigenvalue weighted by molar-refractivity contribution is 6.27. The van der Waals surface area contributed by atoms with E-state index in [1.807, 2.05) is 60.7 Å². The van der Waals surface area contributed by atoms with Crippen molar-refractivity contribution < 1.29 is 29.4 Å². The number of rotatable bonds is 9. The fourth-order valence-corrected chi connectivity index (χ4v) is 2.66. The molecule has 2 atom stereocenters. The van der Waals surface area contributed by atoms with E-state index in [-0.39, 0.29) is 18.2 Å². The van der Waals surface area contributed by atoms with Crippen molar-refractivity contribution >= 4 is 35.4 Å². The summed E-state index contributed by atoms with van der Waals surface area (Å²) in [7, 11) is 0. The molecule has 4 N–H and O–H groups in total. The van der Waals surface area contributed by atoms with E-state index in [0.29, 0.717) is 6.42 Å². The normalized spacial score (nSPS) is 11.8. The zero-order chi connectivity index (χ0) is 23.2. The van der Waals surface area contributed by atoms with Gasteiger partial charge in [0.15, 0.2) is 0 Å². The van der Waals surface area contributed by atoms with Crippen LogP contribution >= 0.6 is 11.6 Å². The molecule has 0 spiro atoms. The summed E-state index contributed by atoms with van der Waals surface area (Å²) in [6.45, 7) is 1.31. The molecule has 0 aromatic heterocycles. The van der Waals surface area contributed by atoms with Crippen molar-refractivity contribution in [3.05, 3.63) is 71.8 Å². The number of aliphatic carboxylic acids is 2. The third-order valence-electron chi connectivity index (χ3n) is 4.00. The molecule has 2 aromatic rings. The van der Waals surface area contributed by atoms with Gasteiger partial charge in [-0.25, -0.2) is 9.59 Å². The third kappa shape index (κ3) is 10.8. The quantitative estimate of drug-likeness (QED) is 0.433. The van der Waals surface area contributed by atoms with Crippen LogP contribution in [0.1, 0.15) is 18.1 Å². The summed E-state index contributed by atoms with van der Waals surface area (Å²) in [5, 5.41) is 22.5. The van der Waals surface area contributed by atoms with Crippen molar-refractivity contribution in [2.45, 2.75) is 31.8 Å². The molecule has 0 bridgehead atoms. The second-order valence-corrected chi connectivity index (χ2v) is 6.83. The molecule has 0 heterocycles. The molecule has 0 saturated heterocycles. The summed E-state index contributed by atoms with van der Waals surface area (Å²) >= 11 is 5.30. The fraction of sp³-hybridized carbons (Fsp3) is 0.273. The molecule has 0 aliphatic heterocycles. The topological polar surface area (TPSA) is 133 Å². The first-order valence-electron chi connectivity index (χ1n) is 9.38. The number of carbonyl (C=O) groups excluding carboxylic acids is 2. The maximum Gasteiger partial charge on any atom is 0.326 e. The molecule has 0 unspecified atom stereocenters. The number of alkyl halides is 1. The molecule has 0 fully saturated rings. The summed E-state index contributed by atoms with van der Waals surface area (Å²) in [6.07, 6.45) is 0.550. The second kappa shape index (κ2) is 13.8. The minimum atomic E-state index is -1.07. The van der Waals surface area contributed by atoms with E-state index < -0.39 is 29.9 Å². The van der Waals surface area contributed by atoms with Gasteiger partial charge in [-0.05, 0) is 11.1 Å². The largest absolute Gasteiger partial charge is 0.480 e. The van der Waals surface area contributed by atoms with Gasteiger partial charge in [-0.2, -0.15) is 0 Å². The van der Waals surface area contributed by atoms with Crippen molar-refractivity contribution in [2.24, 2.45) is 0 Å². The average Bonchev–Trinajstić information content (AvgIpc) is 2.74. The van der Waals surface area contributed by atoms with Gasteiger partial charge in [0.1, 0.15) is 18.0 Å². The smallest absolute Gasteiger partial charge is 0.326 e. The van der Waals surface area contributed by atoms with Crippen LogP contribution < -0.4 is 10.6 Å². The molecule has 166 valence electrons. The lowest BCUT2D eigenvalue weighted by Gasteiger charge is -2.13. The lowest BCUT2D eigenvalue weighted by molar-refractivity contribution is -0.141. The number of benzene rings is 2. The van der Waals surface area contributed by atoms with Crippen LogP contribution in [0.5, 0.6) is 0 Å². The molecule has 2 amide bonds. The van der Waals surface area contributed by atoms with E-state index in [1.165, 1.54) is 6.92 Å². The Balaban J connectivity index is 0.000000311. The molecule has 9 heteroatoms. The maximum absolute atomic E-state index is 11.0. The molecule has 0 aliphatic carbocycles. The van der Waals surface area contributed by atoms with Gasteiger partial charge in [-0.15, -0.1) is 11.6 Å². The van der Waals surface area contributed by atoms with E-state index in [9.17, 15) is 19.2 Å². The molecule has 0 saturated carbocycles. The van der Waals surface area contributed by atoms with Crippen LogP contribution in [-0.2, 0) is 32.0 Å². The zero-order valence-electron chi connectivity index (χ0n) is 17.0. The molecule has 2 aromatic carbocycles. The first kappa shape index (κ1) is 25.6. The monoisotopic (exact) mass is 448 g/mol. The highest BCUT2D eigenvalue weighted by Gasteiger charge is 2.20. The van der Waals surface area contributed by atoms with Gasteiger partial charge in [-0.3, -0.25) is 9.59 Å². The Labute approximate surface area is 185 Å². The number of halogens is 1. The predicted molar refractivity (Wildman–Crippen MR) is 116 cm³/mol. The molecule has 2 rings (SSSR count). The Morgan fingerprint density at radius 2 is 1.16 bits per heavy atom. The SMILES string of the molecule is CC(=O)N[C@H](Cc1ccccc1)C(=O)O.O=C(CCl)N[C@H](Cc1ccccc1)C(=O)O. The number of amides is 2. The van der Waals surface area contributed by atoms with Crippen molar-refractivity contribution in [1.29, 1.82) is 0 Å². The van der Waals surface area contributed by atoms with Gasteiger partial charge in [0, 0.05) is 19.8 Å². The first-order valence-corrected chi connectivity index (χ1v) is 9.92. The van der Waals surface area contributed by atoms with Crippen LogP contribution in [0.4, 0.5) is 0 Å². The van der Waals surface area contributed by atoms with Crippen molar-refractivity contribution in [3.63, 3.8) is 0 Å². The Bertz CT molecular complexity index is 861. The van der Waals surface area contributed by atoms with Gasteiger partial charge in [0.2, 0.25) is 11.8 Å². The zero-order valence-corrected chi connectivity index (χ0v) is 17.7. The van der Waals surface area contributed by atoms with Crippen LogP contribution in [-0.4, -0.2) is 51.9 Å². The van der Waals surface area contributed by atoms with Crippen LogP contribution in [0.25, 0.3) is 0 Å². The number of carbonyl (C=O) groups is 4. The summed E-state index contributed by atoms with van der Waals surface area (Å²) in [4.78, 5) is 43.5. The van der Waals surface area contributed by atoms with Crippen molar-refractivity contribution in [2.75, 3.05) is 5.88 Å². The first-order chi connectivity index (χ1) is 14.7. The number of hydrogen-bond acceptors (Lipinski definition) is 4. The number of carboxylic acids is 2. The van der Waals surface area contributed by atoms with E-state index >= 15 is 0 Å². The van der Waals surface area contributed by atoms with Gasteiger partial charge in [-0.1, -0.05) is 60.7 Å². The Hall–Kier alpha value is -3.39. The minimum Gasteiger partial charge on any atom is -0.480 e. The van der Waals surface area contributed by atoms with E-state index in [2.05, 4.69) is 10.6 Å². The molecular weight excluding hydrogens is 424 g/mol. The number of nitrogens with one attached hydrogen (secondary N) is 2. The number of carboxylic acid groups (broad SMARTS) is 2. The summed E-state index contributed by atoms with van der Waals surface area (Å²) in [6, 6.07) is 16.5. The lowest BCUT2D eigenvalue weighted by Crippen LogP contribution is -2.42. The fourth-order valence-electron chi connectivity index (χ4n) is 2.58. The molecule has 0 aliphatic rings. The Kier molecular flexibility index (Phi) is 11.4. The number of hydrogen-bond donors (Lipinski definition) is 4. The van der Waals surface area contributed by atoms with Crippen molar-refractivity contribution in [1.82, 2.24) is 10.6 Å². The predicted octanol–water partition coefficient (Wildman–Crippen LogP) is 1.86. The average molecular weight is 449 g/mol. The van der Waals surface area contributed by atoms with Crippen LogP contribution in [0, 0.1) is 0 Å². The Morgan fingerprint density at radius 3 is 1.48 bits per heavy atom. The van der Waals surface area contributed by atoms with Crippen LogP contribution in [0.15, 0.2) is 60.7 Å². The van der Waals surface area contributed by atoms with E-state index in [1.54, 1.807) is 0 Å². The summed E-state index contributed by atoms with van der Waals surface area (Å²) in [5.41, 5.74) is 1.74. The molecule has 0 radical (unpaired) electrons.